The van der Waals surface area contributed by atoms with Crippen LogP contribution < -0.4 is 19.7 Å². The molecule has 150 valence electrons. The van der Waals surface area contributed by atoms with E-state index < -0.39 is 0 Å². The Hall–Kier alpha value is -2.71. The zero-order chi connectivity index (χ0) is 19.6. The molecule has 2 fully saturated rings. The molecule has 1 saturated carbocycles. The van der Waals surface area contributed by atoms with Crippen LogP contribution >= 0.6 is 0 Å². The summed E-state index contributed by atoms with van der Waals surface area (Å²) in [4.78, 5) is 2.37. The topological polar surface area (TPSA) is 57.5 Å². The predicted molar refractivity (Wildman–Crippen MR) is 114 cm³/mol. The Bertz CT molecular complexity index is 924. The lowest BCUT2D eigenvalue weighted by molar-refractivity contribution is 0.171. The lowest BCUT2D eigenvalue weighted by Gasteiger charge is -2.38. The van der Waals surface area contributed by atoms with Crippen LogP contribution in [0.5, 0.6) is 11.5 Å². The van der Waals surface area contributed by atoms with Crippen LogP contribution in [-0.4, -0.2) is 38.4 Å². The number of rotatable bonds is 4. The molecule has 2 heterocycles. The van der Waals surface area contributed by atoms with Gasteiger partial charge in [-0.3, -0.25) is 0 Å². The summed E-state index contributed by atoms with van der Waals surface area (Å²) in [6.45, 7) is 3.12. The Balaban J connectivity index is 1.37. The fourth-order valence-electron chi connectivity index (χ4n) is 4.57. The van der Waals surface area contributed by atoms with Crippen LogP contribution in [0.15, 0.2) is 36.4 Å². The van der Waals surface area contributed by atoms with Crippen molar-refractivity contribution < 1.29 is 9.47 Å². The van der Waals surface area contributed by atoms with E-state index in [0.717, 1.165) is 65.8 Å². The van der Waals surface area contributed by atoms with Gasteiger partial charge in [-0.25, -0.2) is 0 Å². The zero-order valence-electron chi connectivity index (χ0n) is 16.7. The molecule has 2 aromatic rings. The van der Waals surface area contributed by atoms with Gasteiger partial charge >= 0.3 is 0 Å². The number of piperidine rings is 1. The van der Waals surface area contributed by atoms with Gasteiger partial charge in [0.1, 0.15) is 19.3 Å². The largest absolute Gasteiger partial charge is 0.486 e. The van der Waals surface area contributed by atoms with Gasteiger partial charge in [-0.1, -0.05) is 24.6 Å². The molecule has 0 radical (unpaired) electrons. The summed E-state index contributed by atoms with van der Waals surface area (Å²) in [6, 6.07) is 15.9. The van der Waals surface area contributed by atoms with Crippen LogP contribution in [-0.2, 0) is 0 Å². The number of benzene rings is 2. The molecule has 1 saturated heterocycles. The van der Waals surface area contributed by atoms with E-state index in [9.17, 15) is 5.26 Å². The van der Waals surface area contributed by atoms with E-state index in [1.165, 1.54) is 19.3 Å². The highest BCUT2D eigenvalue weighted by molar-refractivity contribution is 5.79. The maximum absolute atomic E-state index is 10.00. The molecule has 0 atom stereocenters. The molecule has 2 aromatic carbocycles. The number of hydrogen-bond donors (Lipinski definition) is 1. The van der Waals surface area contributed by atoms with Gasteiger partial charge < -0.3 is 19.7 Å². The van der Waals surface area contributed by atoms with Crippen LogP contribution in [0.25, 0.3) is 11.1 Å². The molecule has 2 aliphatic heterocycles. The van der Waals surface area contributed by atoms with Crippen LogP contribution in [0.2, 0.25) is 0 Å². The van der Waals surface area contributed by atoms with E-state index in [2.05, 4.69) is 28.4 Å². The van der Waals surface area contributed by atoms with Gasteiger partial charge in [0, 0.05) is 30.7 Å². The van der Waals surface area contributed by atoms with E-state index in [1.54, 1.807) is 0 Å². The zero-order valence-corrected chi connectivity index (χ0v) is 16.7. The number of nitriles is 1. The summed E-state index contributed by atoms with van der Waals surface area (Å²) in [5.74, 6) is 1.53. The van der Waals surface area contributed by atoms with Crippen LogP contribution in [0.3, 0.4) is 0 Å². The summed E-state index contributed by atoms with van der Waals surface area (Å²) in [5.41, 5.74) is 3.74. The van der Waals surface area contributed by atoms with Crippen LogP contribution in [0, 0.1) is 11.3 Å². The van der Waals surface area contributed by atoms with E-state index >= 15 is 0 Å². The van der Waals surface area contributed by atoms with E-state index in [4.69, 9.17) is 9.47 Å². The first kappa shape index (κ1) is 18.3. The molecule has 5 rings (SSSR count). The fourth-order valence-corrected chi connectivity index (χ4v) is 4.57. The first-order valence-corrected chi connectivity index (χ1v) is 10.8. The normalized spacial score (nSPS) is 19.5. The van der Waals surface area contributed by atoms with Gasteiger partial charge in [0.2, 0.25) is 0 Å². The first-order chi connectivity index (χ1) is 14.3. The Morgan fingerprint density at radius 3 is 2.41 bits per heavy atom. The van der Waals surface area contributed by atoms with Crippen LogP contribution in [0.1, 0.15) is 37.7 Å². The van der Waals surface area contributed by atoms with Gasteiger partial charge in [0.15, 0.2) is 11.5 Å². The van der Waals surface area contributed by atoms with Crippen molar-refractivity contribution in [1.82, 2.24) is 5.32 Å². The summed E-state index contributed by atoms with van der Waals surface area (Å²) in [6.07, 6.45) is 6.30. The van der Waals surface area contributed by atoms with Gasteiger partial charge in [-0.15, -0.1) is 0 Å². The molecule has 5 heteroatoms. The Labute approximate surface area is 172 Å². The monoisotopic (exact) mass is 389 g/mol. The lowest BCUT2D eigenvalue weighted by atomic mass is 9.91. The quantitative estimate of drug-likeness (QED) is 0.853. The maximum atomic E-state index is 10.00. The van der Waals surface area contributed by atoms with Crippen molar-refractivity contribution >= 4 is 5.69 Å². The average Bonchev–Trinajstić information content (AvgIpc) is 2.76. The highest BCUT2D eigenvalue weighted by Gasteiger charge is 2.26. The first-order valence-electron chi connectivity index (χ1n) is 10.8. The molecule has 1 aliphatic carbocycles. The third-order valence-electron chi connectivity index (χ3n) is 6.42. The highest BCUT2D eigenvalue weighted by atomic mass is 16.6. The predicted octanol–water partition coefficient (Wildman–Crippen LogP) is 4.11. The average molecular weight is 389 g/mol. The summed E-state index contributed by atoms with van der Waals surface area (Å²) < 4.78 is 11.4. The van der Waals surface area contributed by atoms with Crippen molar-refractivity contribution in [2.45, 2.75) is 44.2 Å². The number of fused-ring (bicyclic) bond motifs is 1. The Morgan fingerprint density at radius 1 is 0.931 bits per heavy atom. The number of nitrogens with one attached hydrogen (secondary N) is 1. The molecule has 0 aromatic heterocycles. The third kappa shape index (κ3) is 3.65. The number of hydrogen-bond acceptors (Lipinski definition) is 5. The van der Waals surface area contributed by atoms with Gasteiger partial charge in [-0.2, -0.15) is 5.26 Å². The highest BCUT2D eigenvalue weighted by Crippen LogP contribution is 2.38. The van der Waals surface area contributed by atoms with Crippen molar-refractivity contribution in [3.63, 3.8) is 0 Å². The van der Waals surface area contributed by atoms with Gasteiger partial charge in [-0.05, 0) is 49.4 Å². The van der Waals surface area contributed by atoms with Crippen molar-refractivity contribution in [3.05, 3.63) is 42.0 Å². The molecule has 3 aliphatic rings. The second-order valence-corrected chi connectivity index (χ2v) is 8.23. The van der Waals surface area contributed by atoms with E-state index in [1.807, 2.05) is 24.3 Å². The number of nitrogens with zero attached hydrogens (tertiary/aromatic N) is 2. The molecular weight excluding hydrogens is 362 g/mol. The third-order valence-corrected chi connectivity index (χ3v) is 6.42. The molecule has 0 bridgehead atoms. The second-order valence-electron chi connectivity index (χ2n) is 8.23. The number of ether oxygens (including phenoxy) is 2. The minimum Gasteiger partial charge on any atom is -0.486 e. The summed E-state index contributed by atoms with van der Waals surface area (Å²) in [5, 5.41) is 13.8. The minimum atomic E-state index is 0.561. The fraction of sp³-hybridized carbons (Fsp3) is 0.458. The molecule has 5 nitrogen and oxygen atoms in total. The molecule has 1 N–H and O–H groups in total. The van der Waals surface area contributed by atoms with Crippen molar-refractivity contribution in [1.29, 1.82) is 5.26 Å². The Morgan fingerprint density at radius 2 is 1.69 bits per heavy atom. The maximum Gasteiger partial charge on any atom is 0.161 e. The lowest BCUT2D eigenvalue weighted by Crippen LogP contribution is -2.48. The molecule has 0 amide bonds. The van der Waals surface area contributed by atoms with Gasteiger partial charge in [0.25, 0.3) is 0 Å². The van der Waals surface area contributed by atoms with E-state index in [0.29, 0.717) is 19.3 Å². The van der Waals surface area contributed by atoms with Crippen molar-refractivity contribution in [2.75, 3.05) is 31.2 Å². The summed E-state index contributed by atoms with van der Waals surface area (Å²) in [7, 11) is 0. The second kappa shape index (κ2) is 7.96. The SMILES string of the molecule is N#Cc1c(-c2ccc3c(c2)OCCO3)cccc1N1CCC(NC2CCC2)CC1. The molecular formula is C24H27N3O2. The van der Waals surface area contributed by atoms with E-state index in [-0.39, 0.29) is 0 Å². The van der Waals surface area contributed by atoms with Gasteiger partial charge in [0.05, 0.1) is 11.3 Å². The molecule has 0 unspecified atom stereocenters. The Kier molecular flexibility index (Phi) is 5.03. The summed E-state index contributed by atoms with van der Waals surface area (Å²) >= 11 is 0. The standard InChI is InChI=1S/C24H27N3O2/c25-16-21-20(17-7-8-23-24(15-17)29-14-13-28-23)5-2-6-22(21)27-11-9-19(10-12-27)26-18-3-1-4-18/h2,5-8,15,18-19,26H,1,3-4,9-14H2. The van der Waals surface area contributed by atoms with Crippen molar-refractivity contribution in [2.24, 2.45) is 0 Å². The van der Waals surface area contributed by atoms with Crippen molar-refractivity contribution in [3.8, 4) is 28.7 Å². The smallest absolute Gasteiger partial charge is 0.161 e. The van der Waals surface area contributed by atoms with Crippen LogP contribution in [0.4, 0.5) is 5.69 Å². The molecule has 29 heavy (non-hydrogen) atoms. The minimum absolute atomic E-state index is 0.561. The number of anilines is 1. The molecule has 0 spiro atoms.